The lowest BCUT2D eigenvalue weighted by Crippen LogP contribution is -2.46. The number of hydrogen-bond donors (Lipinski definition) is 2. The fourth-order valence-corrected chi connectivity index (χ4v) is 2.94. The molecule has 0 aliphatic carbocycles. The molecule has 1 aromatic rings. The number of nitrogens with one attached hydrogen (secondary N) is 1. The van der Waals surface area contributed by atoms with Gasteiger partial charge in [-0.1, -0.05) is 43.7 Å². The zero-order valence-corrected chi connectivity index (χ0v) is 13.4. The molecule has 21 heavy (non-hydrogen) atoms. The van der Waals surface area contributed by atoms with Gasteiger partial charge in [-0.05, 0) is 18.9 Å². The summed E-state index contributed by atoms with van der Waals surface area (Å²) in [6.45, 7) is 7.54. The highest BCUT2D eigenvalue weighted by Crippen LogP contribution is 2.25. The Kier molecular flexibility index (Phi) is 4.69. The predicted octanol–water partition coefficient (Wildman–Crippen LogP) is 1.45. The first-order valence-electron chi connectivity index (χ1n) is 7.53. The first-order valence-corrected chi connectivity index (χ1v) is 7.53. The SMILES string of the molecule is Cc1ccc(C(C)(C)CN(C)C(=O)C2CC(O)CN2)cc1. The Morgan fingerprint density at radius 2 is 2.00 bits per heavy atom. The lowest BCUT2D eigenvalue weighted by Gasteiger charge is -2.32. The first kappa shape index (κ1) is 16.0. The van der Waals surface area contributed by atoms with Gasteiger partial charge in [-0.3, -0.25) is 4.79 Å². The Bertz CT molecular complexity index is 496. The molecule has 4 heteroatoms. The second-order valence-corrected chi connectivity index (χ2v) is 6.79. The van der Waals surface area contributed by atoms with E-state index in [1.807, 2.05) is 7.05 Å². The number of β-amino-alcohol motifs (C(OH)–C–C–N with tert-alkyl or cyclic N) is 1. The minimum Gasteiger partial charge on any atom is -0.392 e. The van der Waals surface area contributed by atoms with Crippen LogP contribution in [0.3, 0.4) is 0 Å². The Hall–Kier alpha value is -1.39. The number of hydrogen-bond acceptors (Lipinski definition) is 3. The molecular formula is C17H26N2O2. The normalized spacial score (nSPS) is 22.3. The van der Waals surface area contributed by atoms with Gasteiger partial charge in [0, 0.05) is 25.6 Å². The highest BCUT2D eigenvalue weighted by Gasteiger charge is 2.32. The number of amides is 1. The van der Waals surface area contributed by atoms with Crippen LogP contribution in [0.2, 0.25) is 0 Å². The van der Waals surface area contributed by atoms with E-state index in [2.05, 4.69) is 50.4 Å². The van der Waals surface area contributed by atoms with E-state index in [0.29, 0.717) is 19.5 Å². The summed E-state index contributed by atoms with van der Waals surface area (Å²) >= 11 is 0. The van der Waals surface area contributed by atoms with Crippen LogP contribution in [-0.2, 0) is 10.2 Å². The van der Waals surface area contributed by atoms with Gasteiger partial charge in [-0.15, -0.1) is 0 Å². The van der Waals surface area contributed by atoms with Gasteiger partial charge in [0.2, 0.25) is 5.91 Å². The average Bonchev–Trinajstić information content (AvgIpc) is 2.84. The lowest BCUT2D eigenvalue weighted by atomic mass is 9.83. The maximum atomic E-state index is 12.4. The summed E-state index contributed by atoms with van der Waals surface area (Å²) in [7, 11) is 1.84. The summed E-state index contributed by atoms with van der Waals surface area (Å²) in [4.78, 5) is 14.2. The second-order valence-electron chi connectivity index (χ2n) is 6.79. The van der Waals surface area contributed by atoms with E-state index in [1.54, 1.807) is 4.90 Å². The second kappa shape index (κ2) is 6.16. The van der Waals surface area contributed by atoms with Crippen molar-refractivity contribution in [1.29, 1.82) is 0 Å². The van der Waals surface area contributed by atoms with Crippen LogP contribution in [0.25, 0.3) is 0 Å². The van der Waals surface area contributed by atoms with E-state index in [1.165, 1.54) is 11.1 Å². The van der Waals surface area contributed by atoms with E-state index >= 15 is 0 Å². The van der Waals surface area contributed by atoms with Gasteiger partial charge in [-0.25, -0.2) is 0 Å². The van der Waals surface area contributed by atoms with Crippen LogP contribution in [0, 0.1) is 6.92 Å². The predicted molar refractivity (Wildman–Crippen MR) is 84.3 cm³/mol. The number of benzene rings is 1. The van der Waals surface area contributed by atoms with Gasteiger partial charge in [0.25, 0.3) is 0 Å². The van der Waals surface area contributed by atoms with E-state index in [0.717, 1.165) is 0 Å². The molecule has 1 aromatic carbocycles. The zero-order valence-electron chi connectivity index (χ0n) is 13.4. The summed E-state index contributed by atoms with van der Waals surface area (Å²) in [6.07, 6.45) is 0.103. The third-order valence-corrected chi connectivity index (χ3v) is 4.25. The molecule has 2 rings (SSSR count). The van der Waals surface area contributed by atoms with Crippen molar-refractivity contribution >= 4 is 5.91 Å². The van der Waals surface area contributed by atoms with Crippen LogP contribution in [0.1, 0.15) is 31.4 Å². The largest absolute Gasteiger partial charge is 0.392 e. The zero-order chi connectivity index (χ0) is 15.6. The monoisotopic (exact) mass is 290 g/mol. The Morgan fingerprint density at radius 1 is 1.38 bits per heavy atom. The van der Waals surface area contributed by atoms with E-state index < -0.39 is 6.10 Å². The van der Waals surface area contributed by atoms with Crippen molar-refractivity contribution in [2.45, 2.75) is 44.8 Å². The highest BCUT2D eigenvalue weighted by molar-refractivity contribution is 5.82. The summed E-state index contributed by atoms with van der Waals surface area (Å²) in [5.41, 5.74) is 2.37. The molecule has 1 aliphatic rings. The molecule has 4 nitrogen and oxygen atoms in total. The highest BCUT2D eigenvalue weighted by atomic mass is 16.3. The maximum Gasteiger partial charge on any atom is 0.239 e. The molecular weight excluding hydrogens is 264 g/mol. The molecule has 116 valence electrons. The smallest absolute Gasteiger partial charge is 0.239 e. The molecule has 2 atom stereocenters. The summed E-state index contributed by atoms with van der Waals surface area (Å²) in [5.74, 6) is 0.0618. The van der Waals surface area contributed by atoms with Crippen molar-refractivity contribution in [3.63, 3.8) is 0 Å². The van der Waals surface area contributed by atoms with Crippen molar-refractivity contribution in [3.8, 4) is 0 Å². The molecule has 0 saturated carbocycles. The number of carbonyl (C=O) groups excluding carboxylic acids is 1. The van der Waals surface area contributed by atoms with E-state index in [9.17, 15) is 9.90 Å². The Labute approximate surface area is 127 Å². The van der Waals surface area contributed by atoms with Gasteiger partial charge < -0.3 is 15.3 Å². The third kappa shape index (κ3) is 3.83. The van der Waals surface area contributed by atoms with Crippen LogP contribution < -0.4 is 5.32 Å². The van der Waals surface area contributed by atoms with Crippen LogP contribution in [0.4, 0.5) is 0 Å². The molecule has 0 aromatic heterocycles. The van der Waals surface area contributed by atoms with Gasteiger partial charge in [0.1, 0.15) is 0 Å². The Morgan fingerprint density at radius 3 is 2.52 bits per heavy atom. The van der Waals surface area contributed by atoms with Gasteiger partial charge in [-0.2, -0.15) is 0 Å². The topological polar surface area (TPSA) is 52.6 Å². The van der Waals surface area contributed by atoms with Gasteiger partial charge in [0.05, 0.1) is 12.1 Å². The summed E-state index contributed by atoms with van der Waals surface area (Å²) in [6, 6.07) is 8.22. The maximum absolute atomic E-state index is 12.4. The molecule has 1 amide bonds. The van der Waals surface area contributed by atoms with E-state index in [4.69, 9.17) is 0 Å². The Balaban J connectivity index is 2.01. The minimum absolute atomic E-state index is 0.0618. The standard InChI is InChI=1S/C17H26N2O2/c1-12-5-7-13(8-6-12)17(2,3)11-19(4)16(21)15-9-14(20)10-18-15/h5-8,14-15,18,20H,9-11H2,1-4H3. The molecule has 2 unspecified atom stereocenters. The number of aliphatic hydroxyl groups is 1. The number of nitrogens with zero attached hydrogens (tertiary/aromatic N) is 1. The fraction of sp³-hybridized carbons (Fsp3) is 0.588. The van der Waals surface area contributed by atoms with Crippen LogP contribution in [-0.4, -0.2) is 48.2 Å². The number of likely N-dealkylation sites (N-methyl/N-ethyl adjacent to an activating group) is 1. The van der Waals surface area contributed by atoms with Crippen molar-refractivity contribution in [3.05, 3.63) is 35.4 Å². The van der Waals surface area contributed by atoms with Crippen molar-refractivity contribution < 1.29 is 9.90 Å². The molecule has 0 bridgehead atoms. The lowest BCUT2D eigenvalue weighted by molar-refractivity contribution is -0.132. The molecule has 1 heterocycles. The number of carbonyl (C=O) groups is 1. The van der Waals surface area contributed by atoms with Crippen LogP contribution >= 0.6 is 0 Å². The number of aliphatic hydroxyl groups excluding tert-OH is 1. The quantitative estimate of drug-likeness (QED) is 0.882. The number of rotatable bonds is 4. The first-order chi connectivity index (χ1) is 9.79. The minimum atomic E-state index is -0.405. The van der Waals surface area contributed by atoms with E-state index in [-0.39, 0.29) is 17.4 Å². The average molecular weight is 290 g/mol. The summed E-state index contributed by atoms with van der Waals surface area (Å²) in [5, 5.41) is 12.6. The van der Waals surface area contributed by atoms with Gasteiger partial charge >= 0.3 is 0 Å². The molecule has 1 saturated heterocycles. The van der Waals surface area contributed by atoms with Crippen molar-refractivity contribution in [2.24, 2.45) is 0 Å². The third-order valence-electron chi connectivity index (χ3n) is 4.25. The molecule has 0 spiro atoms. The van der Waals surface area contributed by atoms with Crippen LogP contribution in [0.5, 0.6) is 0 Å². The van der Waals surface area contributed by atoms with Crippen molar-refractivity contribution in [2.75, 3.05) is 20.1 Å². The molecule has 0 radical (unpaired) electrons. The van der Waals surface area contributed by atoms with Crippen molar-refractivity contribution in [1.82, 2.24) is 10.2 Å². The summed E-state index contributed by atoms with van der Waals surface area (Å²) < 4.78 is 0. The van der Waals surface area contributed by atoms with Crippen LogP contribution in [0.15, 0.2) is 24.3 Å². The molecule has 2 N–H and O–H groups in total. The number of aryl methyl sites for hydroxylation is 1. The van der Waals surface area contributed by atoms with Gasteiger partial charge in [0.15, 0.2) is 0 Å². The fourth-order valence-electron chi connectivity index (χ4n) is 2.94. The molecule has 1 aliphatic heterocycles. The molecule has 1 fully saturated rings.